The molecule has 0 radical (unpaired) electrons. The van der Waals surface area contributed by atoms with E-state index in [2.05, 4.69) is 44.6 Å². The van der Waals surface area contributed by atoms with Gasteiger partial charge in [0.2, 0.25) is 0 Å². The van der Waals surface area contributed by atoms with Crippen molar-refractivity contribution in [1.29, 1.82) is 0 Å². The van der Waals surface area contributed by atoms with Crippen LogP contribution in [-0.2, 0) is 11.3 Å². The molecule has 1 aromatic carbocycles. The van der Waals surface area contributed by atoms with Crippen LogP contribution in [-0.4, -0.2) is 63.5 Å². The number of methoxy groups -OCH3 is 1. The summed E-state index contributed by atoms with van der Waals surface area (Å²) in [6.07, 6.45) is 3.50. The number of carbonyl (C=O) groups excluding carboxylic acids is 1. The number of benzene rings is 1. The van der Waals surface area contributed by atoms with Crippen molar-refractivity contribution >= 4 is 23.3 Å². The number of aromatic nitrogens is 5. The molecule has 1 fully saturated rings. The molecule has 1 N–H and O–H groups in total. The number of amides is 1. The molecule has 3 aromatic rings. The Kier molecular flexibility index (Phi) is 6.52. The number of pyridine rings is 1. The normalized spacial score (nSPS) is 18.4. The van der Waals surface area contributed by atoms with Crippen LogP contribution in [0.25, 0.3) is 5.69 Å². The molecule has 2 atom stereocenters. The van der Waals surface area contributed by atoms with Crippen LogP contribution in [0.3, 0.4) is 0 Å². The second-order valence-corrected chi connectivity index (χ2v) is 8.04. The number of tetrazole rings is 1. The summed E-state index contributed by atoms with van der Waals surface area (Å²) in [6.45, 7) is 6.03. The first-order valence-electron chi connectivity index (χ1n) is 10.2. The second-order valence-electron chi connectivity index (χ2n) is 7.63. The lowest BCUT2D eigenvalue weighted by atomic mass is 10.1. The van der Waals surface area contributed by atoms with E-state index in [0.29, 0.717) is 28.6 Å². The largest absolute Gasteiger partial charge is 0.496 e. The van der Waals surface area contributed by atoms with E-state index < -0.39 is 0 Å². The lowest BCUT2D eigenvalue weighted by molar-refractivity contribution is -0.00546. The molecule has 4 rings (SSSR count). The molecule has 2 aromatic heterocycles. The fourth-order valence-corrected chi connectivity index (χ4v) is 3.94. The molecule has 1 aliphatic rings. The lowest BCUT2D eigenvalue weighted by Gasteiger charge is -2.36. The Bertz CT molecular complexity index is 1070. The van der Waals surface area contributed by atoms with Gasteiger partial charge in [-0.05, 0) is 42.0 Å². The number of halogens is 1. The molecular formula is C21H24ClN7O3. The molecule has 10 nitrogen and oxygen atoms in total. The number of hydrogen-bond acceptors (Lipinski definition) is 8. The monoisotopic (exact) mass is 457 g/mol. The Labute approximate surface area is 190 Å². The Morgan fingerprint density at radius 3 is 2.69 bits per heavy atom. The van der Waals surface area contributed by atoms with Gasteiger partial charge in [0, 0.05) is 31.9 Å². The van der Waals surface area contributed by atoms with Gasteiger partial charge in [0.15, 0.2) is 0 Å². The Balaban J connectivity index is 1.43. The smallest absolute Gasteiger partial charge is 0.255 e. The van der Waals surface area contributed by atoms with E-state index in [1.54, 1.807) is 12.3 Å². The van der Waals surface area contributed by atoms with Gasteiger partial charge in [0.25, 0.3) is 5.91 Å². The van der Waals surface area contributed by atoms with Crippen LogP contribution >= 0.6 is 11.6 Å². The number of ether oxygens (including phenoxy) is 2. The number of carbonyl (C=O) groups is 1. The van der Waals surface area contributed by atoms with Crippen molar-refractivity contribution in [1.82, 2.24) is 30.5 Å². The third kappa shape index (κ3) is 4.81. The number of rotatable bonds is 6. The summed E-state index contributed by atoms with van der Waals surface area (Å²) in [5, 5.41) is 14.2. The van der Waals surface area contributed by atoms with Crippen LogP contribution in [0.2, 0.25) is 5.02 Å². The van der Waals surface area contributed by atoms with E-state index >= 15 is 0 Å². The van der Waals surface area contributed by atoms with E-state index in [4.69, 9.17) is 21.1 Å². The molecule has 0 spiro atoms. The van der Waals surface area contributed by atoms with Gasteiger partial charge in [-0.25, -0.2) is 4.98 Å². The van der Waals surface area contributed by atoms with Crippen molar-refractivity contribution in [3.05, 3.63) is 52.9 Å². The first-order chi connectivity index (χ1) is 15.4. The molecule has 32 heavy (non-hydrogen) atoms. The van der Waals surface area contributed by atoms with Gasteiger partial charge in [-0.2, -0.15) is 4.68 Å². The summed E-state index contributed by atoms with van der Waals surface area (Å²) in [5.41, 5.74) is 1.71. The zero-order chi connectivity index (χ0) is 22.7. The Hall–Kier alpha value is -3.24. The van der Waals surface area contributed by atoms with E-state index in [1.165, 1.54) is 24.2 Å². The third-order valence-electron chi connectivity index (χ3n) is 5.12. The maximum atomic E-state index is 12.8. The molecule has 11 heteroatoms. The predicted molar refractivity (Wildman–Crippen MR) is 118 cm³/mol. The highest BCUT2D eigenvalue weighted by Crippen LogP contribution is 2.29. The van der Waals surface area contributed by atoms with E-state index in [1.807, 2.05) is 12.1 Å². The van der Waals surface area contributed by atoms with Gasteiger partial charge in [0.05, 0.1) is 35.6 Å². The average Bonchev–Trinajstić information content (AvgIpc) is 3.31. The molecule has 2 unspecified atom stereocenters. The number of nitrogens with zero attached hydrogens (tertiary/aromatic N) is 6. The van der Waals surface area contributed by atoms with Crippen LogP contribution in [0.4, 0.5) is 5.82 Å². The molecule has 1 aliphatic heterocycles. The SMILES string of the molecule is COc1cc(-n2cnnn2)c(Cl)cc1C(=O)NCc1ccc(N2CC(C)OC(C)C2)nc1. The van der Waals surface area contributed by atoms with E-state index in [0.717, 1.165) is 24.5 Å². The Morgan fingerprint density at radius 1 is 1.28 bits per heavy atom. The Morgan fingerprint density at radius 2 is 2.06 bits per heavy atom. The minimum atomic E-state index is -0.313. The van der Waals surface area contributed by atoms with Gasteiger partial charge < -0.3 is 19.7 Å². The van der Waals surface area contributed by atoms with Crippen molar-refractivity contribution in [2.45, 2.75) is 32.6 Å². The zero-order valence-corrected chi connectivity index (χ0v) is 18.8. The summed E-state index contributed by atoms with van der Waals surface area (Å²) in [7, 11) is 1.49. The van der Waals surface area contributed by atoms with Crippen molar-refractivity contribution in [3.63, 3.8) is 0 Å². The highest BCUT2D eigenvalue weighted by Gasteiger charge is 2.23. The topological polar surface area (TPSA) is 107 Å². The summed E-state index contributed by atoms with van der Waals surface area (Å²) >= 11 is 6.35. The summed E-state index contributed by atoms with van der Waals surface area (Å²) in [5.74, 6) is 0.946. The van der Waals surface area contributed by atoms with Gasteiger partial charge in [-0.15, -0.1) is 5.10 Å². The van der Waals surface area contributed by atoms with Crippen LogP contribution in [0.1, 0.15) is 29.8 Å². The summed E-state index contributed by atoms with van der Waals surface area (Å²) in [4.78, 5) is 19.6. The molecule has 0 aliphatic carbocycles. The van der Waals surface area contributed by atoms with Crippen molar-refractivity contribution < 1.29 is 14.3 Å². The van der Waals surface area contributed by atoms with Crippen molar-refractivity contribution in [3.8, 4) is 11.4 Å². The maximum absolute atomic E-state index is 12.8. The molecule has 3 heterocycles. The van der Waals surface area contributed by atoms with Gasteiger partial charge >= 0.3 is 0 Å². The first-order valence-corrected chi connectivity index (χ1v) is 10.6. The van der Waals surface area contributed by atoms with Crippen LogP contribution in [0, 0.1) is 0 Å². The molecule has 168 valence electrons. The molecule has 0 bridgehead atoms. The molecule has 1 saturated heterocycles. The van der Waals surface area contributed by atoms with Crippen LogP contribution in [0.5, 0.6) is 5.75 Å². The zero-order valence-electron chi connectivity index (χ0n) is 18.0. The summed E-state index contributed by atoms with van der Waals surface area (Å²) < 4.78 is 12.6. The first kappa shape index (κ1) is 22.0. The quantitative estimate of drug-likeness (QED) is 0.600. The highest BCUT2D eigenvalue weighted by molar-refractivity contribution is 6.33. The fourth-order valence-electron chi connectivity index (χ4n) is 3.69. The van der Waals surface area contributed by atoms with Crippen LogP contribution in [0.15, 0.2) is 36.8 Å². The third-order valence-corrected chi connectivity index (χ3v) is 5.42. The van der Waals surface area contributed by atoms with E-state index in [9.17, 15) is 4.79 Å². The van der Waals surface area contributed by atoms with Gasteiger partial charge in [-0.1, -0.05) is 17.7 Å². The van der Waals surface area contributed by atoms with Gasteiger partial charge in [-0.3, -0.25) is 4.79 Å². The fraction of sp³-hybridized carbons (Fsp3) is 0.381. The lowest BCUT2D eigenvalue weighted by Crippen LogP contribution is -2.45. The van der Waals surface area contributed by atoms with Crippen LogP contribution < -0.4 is 15.0 Å². The minimum absolute atomic E-state index is 0.161. The van der Waals surface area contributed by atoms with E-state index in [-0.39, 0.29) is 18.1 Å². The van der Waals surface area contributed by atoms with Gasteiger partial charge in [0.1, 0.15) is 17.9 Å². The second kappa shape index (κ2) is 9.49. The number of morpholine rings is 1. The predicted octanol–water partition coefficient (Wildman–Crippen LogP) is 2.26. The maximum Gasteiger partial charge on any atom is 0.255 e. The highest BCUT2D eigenvalue weighted by atomic mass is 35.5. The standard InChI is InChI=1S/C21H24ClN7O3/c1-13-10-28(11-14(2)32-13)20-5-4-15(8-23-20)9-24-21(30)16-6-17(22)18(7-19(16)31-3)29-12-25-26-27-29/h4-8,12-14H,9-11H2,1-3H3,(H,24,30). The molecule has 0 saturated carbocycles. The number of anilines is 1. The minimum Gasteiger partial charge on any atom is -0.496 e. The van der Waals surface area contributed by atoms with Crippen molar-refractivity contribution in [2.75, 3.05) is 25.1 Å². The average molecular weight is 458 g/mol. The molecular weight excluding hydrogens is 434 g/mol. The number of hydrogen-bond donors (Lipinski definition) is 1. The number of nitrogens with one attached hydrogen (secondary N) is 1. The summed E-state index contributed by atoms with van der Waals surface area (Å²) in [6, 6.07) is 7.08. The van der Waals surface area contributed by atoms with Crippen molar-refractivity contribution in [2.24, 2.45) is 0 Å². The molecule has 1 amide bonds.